The zero-order valence-corrected chi connectivity index (χ0v) is 22.6. The van der Waals surface area contributed by atoms with E-state index >= 15 is 0 Å². The molecule has 0 radical (unpaired) electrons. The molecular weight excluding hydrogens is 484 g/mol. The minimum atomic E-state index is -0.781. The van der Waals surface area contributed by atoms with Crippen molar-refractivity contribution in [3.63, 3.8) is 0 Å². The van der Waals surface area contributed by atoms with Gasteiger partial charge in [0, 0.05) is 22.7 Å². The molecule has 3 aromatic heterocycles. The van der Waals surface area contributed by atoms with E-state index in [0.717, 1.165) is 34.7 Å². The number of hydrogen-bond donors (Lipinski definition) is 0. The van der Waals surface area contributed by atoms with Gasteiger partial charge in [-0.25, -0.2) is 19.9 Å². The molecule has 3 heterocycles. The average Bonchev–Trinajstić information content (AvgIpc) is 3.72. The summed E-state index contributed by atoms with van der Waals surface area (Å²) in [7, 11) is 0. The predicted octanol–water partition coefficient (Wildman–Crippen LogP) is 5.00. The van der Waals surface area contributed by atoms with Crippen LogP contribution in [0.4, 0.5) is 11.5 Å². The van der Waals surface area contributed by atoms with Crippen LogP contribution in [0.5, 0.6) is 0 Å². The first-order chi connectivity index (χ1) is 17.8. The van der Waals surface area contributed by atoms with Gasteiger partial charge in [-0.3, -0.25) is 19.7 Å². The number of carbonyl (C=O) groups excluding carboxylic acids is 1. The standard InChI is InChI=1S/C27H30N8OS/c1-15(2)21(12-28)35(22(36)11-19-9-10-20(37-6)13-30-19)27-24(29-5)17(4)33-26(34-27)23-16(3)31-14-32-25(23)18-7-8-18/h9-10,13-15,18,21H,5,7-8,11H2,1-4,6H3. The lowest BCUT2D eigenvalue weighted by atomic mass is 10.0. The third-order valence-electron chi connectivity index (χ3n) is 6.36. The summed E-state index contributed by atoms with van der Waals surface area (Å²) < 4.78 is 0. The minimum absolute atomic E-state index is 0.00925. The van der Waals surface area contributed by atoms with Crippen LogP contribution in [-0.4, -0.2) is 49.8 Å². The fourth-order valence-electron chi connectivity index (χ4n) is 4.24. The second-order valence-electron chi connectivity index (χ2n) is 9.40. The molecule has 0 aliphatic heterocycles. The predicted molar refractivity (Wildman–Crippen MR) is 145 cm³/mol. The maximum absolute atomic E-state index is 13.8. The number of hydrogen-bond acceptors (Lipinski definition) is 9. The van der Waals surface area contributed by atoms with E-state index in [1.54, 1.807) is 31.2 Å². The van der Waals surface area contributed by atoms with Crippen LogP contribution in [0, 0.1) is 31.1 Å². The lowest BCUT2D eigenvalue weighted by molar-refractivity contribution is -0.118. The van der Waals surface area contributed by atoms with Crippen LogP contribution in [0.2, 0.25) is 0 Å². The summed E-state index contributed by atoms with van der Waals surface area (Å²) in [5.41, 5.74) is 3.97. The summed E-state index contributed by atoms with van der Waals surface area (Å²) in [5.74, 6) is 0.550. The Hall–Kier alpha value is -3.71. The summed E-state index contributed by atoms with van der Waals surface area (Å²) in [6.45, 7) is 11.2. The molecule has 3 aromatic rings. The number of rotatable bonds is 9. The van der Waals surface area contributed by atoms with Crippen LogP contribution in [0.1, 0.15) is 55.4 Å². The summed E-state index contributed by atoms with van der Waals surface area (Å²) in [5, 5.41) is 10.1. The quantitative estimate of drug-likeness (QED) is 0.289. The fraction of sp³-hybridized carbons (Fsp3) is 0.407. The number of pyridine rings is 1. The van der Waals surface area contributed by atoms with E-state index in [2.05, 4.69) is 32.7 Å². The molecule has 190 valence electrons. The van der Waals surface area contributed by atoms with Gasteiger partial charge < -0.3 is 0 Å². The number of nitrogens with zero attached hydrogens (tertiary/aromatic N) is 8. The molecule has 1 unspecified atom stereocenters. The number of amides is 1. The molecule has 0 bridgehead atoms. The molecule has 1 aliphatic carbocycles. The molecule has 0 spiro atoms. The first-order valence-electron chi connectivity index (χ1n) is 12.2. The van der Waals surface area contributed by atoms with Gasteiger partial charge in [0.2, 0.25) is 5.91 Å². The summed E-state index contributed by atoms with van der Waals surface area (Å²) in [6.07, 6.45) is 7.39. The highest BCUT2D eigenvalue weighted by Crippen LogP contribution is 2.44. The van der Waals surface area contributed by atoms with Gasteiger partial charge >= 0.3 is 0 Å². The van der Waals surface area contributed by atoms with Crippen molar-refractivity contribution in [1.82, 2.24) is 24.9 Å². The molecule has 4 rings (SSSR count). The smallest absolute Gasteiger partial charge is 0.235 e. The van der Waals surface area contributed by atoms with Crippen LogP contribution in [0.3, 0.4) is 0 Å². The molecule has 9 nitrogen and oxygen atoms in total. The Kier molecular flexibility index (Phi) is 7.93. The Balaban J connectivity index is 1.87. The van der Waals surface area contributed by atoms with E-state index < -0.39 is 6.04 Å². The van der Waals surface area contributed by atoms with Crippen LogP contribution in [0.25, 0.3) is 11.4 Å². The number of carbonyl (C=O) groups is 1. The maximum Gasteiger partial charge on any atom is 0.235 e. The summed E-state index contributed by atoms with van der Waals surface area (Å²) >= 11 is 1.58. The number of anilines is 1. The van der Waals surface area contributed by atoms with Crippen molar-refractivity contribution in [1.29, 1.82) is 5.26 Å². The van der Waals surface area contributed by atoms with E-state index in [-0.39, 0.29) is 24.1 Å². The van der Waals surface area contributed by atoms with Gasteiger partial charge in [-0.05, 0) is 57.7 Å². The van der Waals surface area contributed by atoms with Gasteiger partial charge in [-0.1, -0.05) is 13.8 Å². The maximum atomic E-state index is 13.8. The van der Waals surface area contributed by atoms with E-state index in [4.69, 9.17) is 9.97 Å². The molecule has 0 N–H and O–H groups in total. The number of nitriles is 1. The van der Waals surface area contributed by atoms with E-state index in [9.17, 15) is 10.1 Å². The monoisotopic (exact) mass is 514 g/mol. The highest BCUT2D eigenvalue weighted by Gasteiger charge is 2.34. The second kappa shape index (κ2) is 11.1. The van der Waals surface area contributed by atoms with Gasteiger partial charge in [-0.15, -0.1) is 11.8 Å². The van der Waals surface area contributed by atoms with E-state index in [0.29, 0.717) is 28.8 Å². The first kappa shape index (κ1) is 26.4. The molecule has 1 saturated carbocycles. The molecule has 1 atom stereocenters. The summed E-state index contributed by atoms with van der Waals surface area (Å²) in [6, 6.07) is 5.27. The fourth-order valence-corrected chi connectivity index (χ4v) is 4.60. The van der Waals surface area contributed by atoms with Crippen LogP contribution >= 0.6 is 11.8 Å². The average molecular weight is 515 g/mol. The van der Waals surface area contributed by atoms with Crippen LogP contribution < -0.4 is 4.90 Å². The van der Waals surface area contributed by atoms with Crippen LogP contribution in [0.15, 0.2) is 34.5 Å². The van der Waals surface area contributed by atoms with Crippen molar-refractivity contribution >= 4 is 35.9 Å². The molecule has 1 amide bonds. The largest absolute Gasteiger partial charge is 0.277 e. The zero-order chi connectivity index (χ0) is 26.7. The number of aromatic nitrogens is 5. The van der Waals surface area contributed by atoms with Gasteiger partial charge in [0.1, 0.15) is 18.1 Å². The third-order valence-corrected chi connectivity index (χ3v) is 7.07. The molecule has 0 aromatic carbocycles. The van der Waals surface area contributed by atoms with Gasteiger partial charge in [0.05, 0.1) is 35.1 Å². The molecule has 0 saturated heterocycles. The Morgan fingerprint density at radius 2 is 1.97 bits per heavy atom. The molecule has 1 aliphatic rings. The highest BCUT2D eigenvalue weighted by molar-refractivity contribution is 7.98. The van der Waals surface area contributed by atoms with Crippen molar-refractivity contribution in [3.8, 4) is 17.5 Å². The second-order valence-corrected chi connectivity index (χ2v) is 10.3. The van der Waals surface area contributed by atoms with Gasteiger partial charge in [0.25, 0.3) is 0 Å². The van der Waals surface area contributed by atoms with Crippen LogP contribution in [-0.2, 0) is 11.2 Å². The normalized spacial score (nSPS) is 13.8. The SMILES string of the molecule is C=Nc1c(C)nc(-c2c(C)ncnc2C2CC2)nc1N(C(=O)Cc1ccc(SC)cn1)C(C#N)C(C)C. The zero-order valence-electron chi connectivity index (χ0n) is 21.8. The van der Waals surface area contributed by atoms with Gasteiger partial charge in [-0.2, -0.15) is 5.26 Å². The van der Waals surface area contributed by atoms with Crippen molar-refractivity contribution in [2.45, 2.75) is 63.8 Å². The Bertz CT molecular complexity index is 1360. The lowest BCUT2D eigenvalue weighted by Crippen LogP contribution is -2.44. The topological polar surface area (TPSA) is 121 Å². The van der Waals surface area contributed by atoms with Crippen molar-refractivity contribution < 1.29 is 4.79 Å². The Labute approximate surface area is 221 Å². The molecule has 1 fully saturated rings. The van der Waals surface area contributed by atoms with Crippen molar-refractivity contribution in [2.75, 3.05) is 11.2 Å². The van der Waals surface area contributed by atoms with E-state index in [1.807, 2.05) is 39.2 Å². The van der Waals surface area contributed by atoms with Crippen molar-refractivity contribution in [2.24, 2.45) is 10.9 Å². The lowest BCUT2D eigenvalue weighted by Gasteiger charge is -2.30. The molecule has 37 heavy (non-hydrogen) atoms. The number of aliphatic imine (C=N–C) groups is 1. The minimum Gasteiger partial charge on any atom is -0.277 e. The van der Waals surface area contributed by atoms with E-state index in [1.165, 1.54) is 4.90 Å². The number of aryl methyl sites for hydroxylation is 2. The summed E-state index contributed by atoms with van der Waals surface area (Å²) in [4.78, 5) is 43.4. The number of thioether (sulfide) groups is 1. The first-order valence-corrected chi connectivity index (χ1v) is 13.4. The third kappa shape index (κ3) is 5.52. The molecule has 10 heteroatoms. The Morgan fingerprint density at radius 1 is 1.22 bits per heavy atom. The van der Waals surface area contributed by atoms with Gasteiger partial charge in [0.15, 0.2) is 11.6 Å². The molecular formula is C27H30N8OS. The Morgan fingerprint density at radius 3 is 2.54 bits per heavy atom. The highest BCUT2D eigenvalue weighted by atomic mass is 32.2. The van der Waals surface area contributed by atoms with Crippen molar-refractivity contribution in [3.05, 3.63) is 47.4 Å².